The number of methoxy groups -OCH3 is 1. The van der Waals surface area contributed by atoms with Crippen LogP contribution in [0.15, 0.2) is 30.3 Å². The molecule has 2 aromatic carbocycles. The van der Waals surface area contributed by atoms with Gasteiger partial charge in [-0.25, -0.2) is 4.79 Å². The zero-order chi connectivity index (χ0) is 30.5. The Labute approximate surface area is 255 Å². The smallest absolute Gasteiger partial charge is 0.322 e. The molecule has 228 valence electrons. The highest BCUT2D eigenvalue weighted by molar-refractivity contribution is 6.36. The Morgan fingerprint density at radius 2 is 1.84 bits per heavy atom. The number of anilines is 2. The van der Waals surface area contributed by atoms with Crippen molar-refractivity contribution >= 4 is 42.5 Å². The van der Waals surface area contributed by atoms with Crippen molar-refractivity contribution in [1.82, 2.24) is 20.0 Å². The van der Waals surface area contributed by atoms with Gasteiger partial charge in [-0.2, -0.15) is 0 Å². The summed E-state index contributed by atoms with van der Waals surface area (Å²) in [5, 5.41) is 5.80. The predicted molar refractivity (Wildman–Crippen MR) is 169 cm³/mol. The average molecular weight is 587 g/mol. The number of nitrogens with two attached hydrogens (primary N) is 1. The van der Waals surface area contributed by atoms with Gasteiger partial charge in [-0.3, -0.25) is 14.5 Å². The Morgan fingerprint density at radius 1 is 1.09 bits per heavy atom. The van der Waals surface area contributed by atoms with Gasteiger partial charge in [0.2, 0.25) is 5.91 Å². The fraction of sp³-hybridized carbons (Fsp3) is 0.531. The van der Waals surface area contributed by atoms with Gasteiger partial charge in [0.15, 0.2) is 0 Å². The molecule has 2 radical (unpaired) electrons. The zero-order valence-corrected chi connectivity index (χ0v) is 25.4. The molecule has 43 heavy (non-hydrogen) atoms. The molecule has 0 spiro atoms. The molecule has 10 nitrogen and oxygen atoms in total. The second kappa shape index (κ2) is 13.7. The molecular formula is C32H43BN6O4. The summed E-state index contributed by atoms with van der Waals surface area (Å²) < 4.78 is 5.33. The molecule has 0 aromatic heterocycles. The highest BCUT2D eigenvalue weighted by Gasteiger charge is 2.31. The monoisotopic (exact) mass is 586 g/mol. The third-order valence-electron chi connectivity index (χ3n) is 9.27. The van der Waals surface area contributed by atoms with Crippen LogP contribution >= 0.6 is 0 Å². The number of benzene rings is 2. The lowest BCUT2D eigenvalue weighted by atomic mass is 9.88. The number of carbonyl (C=O) groups is 3. The highest BCUT2D eigenvalue weighted by atomic mass is 16.5. The second-order valence-electron chi connectivity index (χ2n) is 12.0. The number of hydrogen-bond donors (Lipinski definition) is 3. The molecule has 2 heterocycles. The van der Waals surface area contributed by atoms with Gasteiger partial charge in [0.25, 0.3) is 5.91 Å². The maximum absolute atomic E-state index is 13.0. The van der Waals surface area contributed by atoms with Crippen molar-refractivity contribution in [2.24, 2.45) is 0 Å². The van der Waals surface area contributed by atoms with Gasteiger partial charge < -0.3 is 30.9 Å². The topological polar surface area (TPSA) is 120 Å². The number of rotatable bonds is 8. The molecule has 2 fully saturated rings. The second-order valence-corrected chi connectivity index (χ2v) is 12.0. The van der Waals surface area contributed by atoms with Gasteiger partial charge in [-0.1, -0.05) is 30.8 Å². The first-order chi connectivity index (χ1) is 20.7. The molecule has 0 atom stereocenters. The van der Waals surface area contributed by atoms with E-state index in [9.17, 15) is 14.4 Å². The number of nitrogens with one attached hydrogen (secondary N) is 2. The fourth-order valence-electron chi connectivity index (χ4n) is 6.62. The van der Waals surface area contributed by atoms with Crippen LogP contribution in [0.25, 0.3) is 0 Å². The van der Waals surface area contributed by atoms with E-state index >= 15 is 0 Å². The van der Waals surface area contributed by atoms with E-state index in [0.717, 1.165) is 29.0 Å². The number of amides is 4. The van der Waals surface area contributed by atoms with Crippen LogP contribution in [0.1, 0.15) is 66.4 Å². The van der Waals surface area contributed by atoms with Crippen molar-refractivity contribution in [2.45, 2.75) is 70.0 Å². The number of nitrogen functional groups attached to an aromatic ring is 1. The van der Waals surface area contributed by atoms with Crippen molar-refractivity contribution in [1.29, 1.82) is 0 Å². The first-order valence-corrected chi connectivity index (χ1v) is 15.4. The summed E-state index contributed by atoms with van der Waals surface area (Å²) >= 11 is 0. The number of fused-ring (bicyclic) bond motifs is 1. The van der Waals surface area contributed by atoms with Crippen LogP contribution in [0.3, 0.4) is 0 Å². The lowest BCUT2D eigenvalue weighted by Gasteiger charge is -2.38. The van der Waals surface area contributed by atoms with E-state index in [0.29, 0.717) is 61.8 Å². The molecule has 0 bridgehead atoms. The van der Waals surface area contributed by atoms with Gasteiger partial charge >= 0.3 is 6.03 Å². The largest absolute Gasteiger partial charge is 0.497 e. The van der Waals surface area contributed by atoms with Gasteiger partial charge in [0.1, 0.15) is 13.6 Å². The Bertz CT molecular complexity index is 1340. The number of nitrogens with zero attached hydrogens (tertiary/aromatic N) is 3. The van der Waals surface area contributed by atoms with Gasteiger partial charge in [-0.05, 0) is 74.5 Å². The van der Waals surface area contributed by atoms with Crippen LogP contribution in [-0.4, -0.2) is 92.8 Å². The highest BCUT2D eigenvalue weighted by Crippen LogP contribution is 2.28. The van der Waals surface area contributed by atoms with Crippen LogP contribution in [-0.2, 0) is 17.8 Å². The van der Waals surface area contributed by atoms with Crippen LogP contribution in [0, 0.1) is 0 Å². The van der Waals surface area contributed by atoms with Gasteiger partial charge in [-0.15, -0.1) is 0 Å². The van der Waals surface area contributed by atoms with Crippen LogP contribution in [0.5, 0.6) is 5.75 Å². The minimum atomic E-state index is -0.353. The summed E-state index contributed by atoms with van der Waals surface area (Å²) in [4.78, 5) is 45.0. The minimum absolute atomic E-state index is 0.0396. The Hall–Kier alpha value is -3.73. The number of urea groups is 1. The summed E-state index contributed by atoms with van der Waals surface area (Å²) in [5.74, 6) is 0.268. The van der Waals surface area contributed by atoms with Crippen molar-refractivity contribution in [3.8, 4) is 5.75 Å². The summed E-state index contributed by atoms with van der Waals surface area (Å²) in [6.07, 6.45) is 8.18. The minimum Gasteiger partial charge on any atom is -0.497 e. The molecule has 1 aliphatic carbocycles. The molecule has 5 rings (SSSR count). The number of likely N-dealkylation sites (tertiary alicyclic amines) is 1. The van der Waals surface area contributed by atoms with E-state index in [1.165, 1.54) is 32.1 Å². The normalized spacial score (nSPS) is 18.2. The van der Waals surface area contributed by atoms with Gasteiger partial charge in [0.05, 0.1) is 13.7 Å². The number of hydrogen-bond acceptors (Lipinski definition) is 6. The SMILES string of the molecule is [B]c1cc(C(=O)NCC(=O)N2CCC(N3CCc4cc(OC)ccc4NC3=O)CC2)cc(CN(C)C2CCCCC2)c1N. The van der Waals surface area contributed by atoms with E-state index in [2.05, 4.69) is 22.6 Å². The van der Waals surface area contributed by atoms with E-state index < -0.39 is 0 Å². The Kier molecular flexibility index (Phi) is 9.80. The quantitative estimate of drug-likeness (QED) is 0.323. The van der Waals surface area contributed by atoms with Crippen molar-refractivity contribution in [3.05, 3.63) is 47.0 Å². The van der Waals surface area contributed by atoms with Crippen LogP contribution < -0.4 is 26.6 Å². The van der Waals surface area contributed by atoms with Crippen LogP contribution in [0.2, 0.25) is 0 Å². The molecule has 4 N–H and O–H groups in total. The number of ether oxygens (including phenoxy) is 1. The number of piperidine rings is 1. The molecule has 0 unspecified atom stereocenters. The van der Waals surface area contributed by atoms with E-state index in [4.69, 9.17) is 18.3 Å². The maximum atomic E-state index is 13.0. The first kappa shape index (κ1) is 30.7. The maximum Gasteiger partial charge on any atom is 0.322 e. The lowest BCUT2D eigenvalue weighted by molar-refractivity contribution is -0.131. The molecule has 2 aromatic rings. The van der Waals surface area contributed by atoms with Crippen molar-refractivity contribution < 1.29 is 19.1 Å². The molecule has 1 saturated carbocycles. The number of carbonyl (C=O) groups excluding carboxylic acids is 3. The average Bonchev–Trinajstić information content (AvgIpc) is 3.19. The third kappa shape index (κ3) is 7.26. The predicted octanol–water partition coefficient (Wildman–Crippen LogP) is 2.65. The van der Waals surface area contributed by atoms with E-state index in [-0.39, 0.29) is 30.4 Å². The van der Waals surface area contributed by atoms with Crippen LogP contribution in [0.4, 0.5) is 16.2 Å². The van der Waals surface area contributed by atoms with Crippen molar-refractivity contribution in [2.75, 3.05) is 51.4 Å². The summed E-state index contributed by atoms with van der Waals surface area (Å²) in [6, 6.07) is 9.47. The van der Waals surface area contributed by atoms with Crippen molar-refractivity contribution in [3.63, 3.8) is 0 Å². The molecule has 11 heteroatoms. The molecule has 2 aliphatic heterocycles. The standard InChI is InChI=1S/C32H43BN6O4/c1-37(24-6-4-3-5-7-24)20-23-16-22(18-27(33)30(23)34)31(41)35-19-29(40)38-13-11-25(12-14-38)39-15-10-21-17-26(43-2)8-9-28(21)36-32(39)42/h8-9,16-18,24-25H,3-7,10-15,19-20,34H2,1-2H3,(H,35,41)(H,36,42). The summed E-state index contributed by atoms with van der Waals surface area (Å²) in [6.45, 7) is 2.16. The molecule has 1 saturated heterocycles. The zero-order valence-electron chi connectivity index (χ0n) is 25.4. The third-order valence-corrected chi connectivity index (χ3v) is 9.27. The van der Waals surface area contributed by atoms with Gasteiger partial charge in [0, 0.05) is 55.2 Å². The lowest BCUT2D eigenvalue weighted by Crippen LogP contribution is -2.51. The molecule has 3 aliphatic rings. The first-order valence-electron chi connectivity index (χ1n) is 15.4. The molecule has 4 amide bonds. The summed E-state index contributed by atoms with van der Waals surface area (Å²) in [5.41, 5.74) is 10.2. The summed E-state index contributed by atoms with van der Waals surface area (Å²) in [7, 11) is 9.91. The van der Waals surface area contributed by atoms with E-state index in [1.807, 2.05) is 23.1 Å². The Morgan fingerprint density at radius 3 is 2.56 bits per heavy atom. The van der Waals surface area contributed by atoms with E-state index in [1.54, 1.807) is 24.1 Å². The Balaban J connectivity index is 1.12. The molecular weight excluding hydrogens is 543 g/mol. The fourth-order valence-corrected chi connectivity index (χ4v) is 6.62.